The molecule has 1 saturated carbocycles. The predicted octanol–water partition coefficient (Wildman–Crippen LogP) is 4.42. The second kappa shape index (κ2) is 6.95. The summed E-state index contributed by atoms with van der Waals surface area (Å²) in [6, 6.07) is 7.32. The van der Waals surface area contributed by atoms with Crippen LogP contribution in [0.25, 0.3) is 6.08 Å². The van der Waals surface area contributed by atoms with Crippen LogP contribution in [0.3, 0.4) is 0 Å². The van der Waals surface area contributed by atoms with E-state index in [0.29, 0.717) is 5.69 Å². The lowest BCUT2D eigenvalue weighted by Gasteiger charge is -2.09. The quantitative estimate of drug-likeness (QED) is 0.851. The summed E-state index contributed by atoms with van der Waals surface area (Å²) >= 11 is 0. The van der Waals surface area contributed by atoms with Gasteiger partial charge in [0.05, 0.1) is 11.8 Å². The highest BCUT2D eigenvalue weighted by Gasteiger charge is 2.23. The van der Waals surface area contributed by atoms with Gasteiger partial charge in [0, 0.05) is 12.7 Å². The molecule has 0 bridgehead atoms. The highest BCUT2D eigenvalue weighted by atomic mass is 19.3. The van der Waals surface area contributed by atoms with Crippen molar-refractivity contribution in [2.45, 2.75) is 25.7 Å². The summed E-state index contributed by atoms with van der Waals surface area (Å²) < 4.78 is 27.2. The Hall–Kier alpha value is -2.50. The highest BCUT2D eigenvalue weighted by molar-refractivity contribution is 6.05. The Morgan fingerprint density at radius 1 is 1.42 bits per heavy atom. The van der Waals surface area contributed by atoms with E-state index in [1.807, 2.05) is 18.2 Å². The average molecular weight is 331 g/mol. The van der Waals surface area contributed by atoms with Gasteiger partial charge in [-0.2, -0.15) is 5.10 Å². The number of aromatic nitrogens is 2. The zero-order valence-corrected chi connectivity index (χ0v) is 13.4. The second-order valence-electron chi connectivity index (χ2n) is 5.99. The molecule has 0 radical (unpaired) electrons. The third-order valence-corrected chi connectivity index (χ3v) is 4.11. The molecule has 1 heterocycles. The molecule has 3 rings (SSSR count). The first-order valence-corrected chi connectivity index (χ1v) is 7.93. The van der Waals surface area contributed by atoms with E-state index in [4.69, 9.17) is 0 Å². The number of halogens is 2. The first-order chi connectivity index (χ1) is 11.6. The van der Waals surface area contributed by atoms with Crippen molar-refractivity contribution in [1.82, 2.24) is 9.78 Å². The van der Waals surface area contributed by atoms with Gasteiger partial charge in [0.2, 0.25) is 0 Å². The Morgan fingerprint density at radius 2 is 2.17 bits per heavy atom. The van der Waals surface area contributed by atoms with E-state index in [1.165, 1.54) is 26.1 Å². The lowest BCUT2D eigenvalue weighted by molar-refractivity contribution is 0.100. The van der Waals surface area contributed by atoms with Crippen LogP contribution in [0.4, 0.5) is 14.5 Å². The van der Waals surface area contributed by atoms with Gasteiger partial charge in [-0.05, 0) is 36.8 Å². The van der Waals surface area contributed by atoms with Crippen molar-refractivity contribution < 1.29 is 13.6 Å². The topological polar surface area (TPSA) is 46.9 Å². The monoisotopic (exact) mass is 331 g/mol. The van der Waals surface area contributed by atoms with Crippen LogP contribution < -0.4 is 5.32 Å². The van der Waals surface area contributed by atoms with Gasteiger partial charge < -0.3 is 5.32 Å². The molecule has 1 N–H and O–H groups in total. The van der Waals surface area contributed by atoms with Gasteiger partial charge >= 0.3 is 0 Å². The van der Waals surface area contributed by atoms with Gasteiger partial charge in [0.15, 0.2) is 0 Å². The number of nitrogens with zero attached hydrogens (tertiary/aromatic N) is 2. The van der Waals surface area contributed by atoms with Crippen LogP contribution >= 0.6 is 0 Å². The zero-order chi connectivity index (χ0) is 17.1. The van der Waals surface area contributed by atoms with E-state index in [0.717, 1.165) is 22.6 Å². The summed E-state index contributed by atoms with van der Waals surface area (Å²) in [6.07, 6.45) is 6.05. The van der Waals surface area contributed by atoms with E-state index in [9.17, 15) is 13.6 Å². The average Bonchev–Trinajstić information content (AvgIpc) is 3.28. The van der Waals surface area contributed by atoms with Gasteiger partial charge in [-0.25, -0.2) is 8.78 Å². The number of para-hydroxylation sites is 1. The molecule has 0 saturated heterocycles. The minimum Gasteiger partial charge on any atom is -0.321 e. The van der Waals surface area contributed by atoms with Crippen molar-refractivity contribution in [1.29, 1.82) is 0 Å². The molecule has 2 aromatic rings. The largest absolute Gasteiger partial charge is 0.321 e. The third kappa shape index (κ3) is 3.69. The highest BCUT2D eigenvalue weighted by Crippen LogP contribution is 2.33. The number of allylic oxidation sites excluding steroid dienone is 1. The fourth-order valence-corrected chi connectivity index (χ4v) is 2.57. The number of hydrogen-bond acceptors (Lipinski definition) is 2. The van der Waals surface area contributed by atoms with Crippen molar-refractivity contribution in [3.05, 3.63) is 53.4 Å². The minimum atomic E-state index is -2.76. The lowest BCUT2D eigenvalue weighted by Crippen LogP contribution is -2.15. The number of aryl methyl sites for hydroxylation is 1. The van der Waals surface area contributed by atoms with E-state index in [-0.39, 0.29) is 11.3 Å². The molecule has 1 aromatic heterocycles. The number of hydrogen-bond donors (Lipinski definition) is 1. The standard InChI is InChI=1S/C18H19F2N3O/c1-23-16(17(19)20)14(11-21-23)18(24)22-15-8-3-2-6-13(15)7-4-5-12-9-10-12/h2-4,6-8,11-12,17H,5,9-10H2,1H3,(H,22,24)/b7-4-. The SMILES string of the molecule is Cn1ncc(C(=O)Nc2ccccc2/C=C\CC2CC2)c1C(F)F. The van der Waals surface area contributed by atoms with Gasteiger partial charge in [0.1, 0.15) is 5.69 Å². The van der Waals surface area contributed by atoms with Crippen LogP contribution in [0.1, 0.15) is 47.3 Å². The van der Waals surface area contributed by atoms with E-state index in [1.54, 1.807) is 12.1 Å². The first-order valence-electron chi connectivity index (χ1n) is 7.93. The fourth-order valence-electron chi connectivity index (χ4n) is 2.57. The molecule has 0 atom stereocenters. The maximum atomic E-state index is 13.1. The first kappa shape index (κ1) is 16.4. The number of carbonyl (C=O) groups is 1. The number of anilines is 1. The Balaban J connectivity index is 1.78. The molecule has 126 valence electrons. The molecule has 1 aromatic carbocycles. The van der Waals surface area contributed by atoms with Crippen LogP contribution in [0.2, 0.25) is 0 Å². The van der Waals surface area contributed by atoms with Crippen molar-refractivity contribution in [2.24, 2.45) is 13.0 Å². The summed E-state index contributed by atoms with van der Waals surface area (Å²) in [5.74, 6) is 0.202. The summed E-state index contributed by atoms with van der Waals surface area (Å²) in [5.41, 5.74) is 0.964. The Bertz CT molecular complexity index is 763. The number of benzene rings is 1. The lowest BCUT2D eigenvalue weighted by atomic mass is 10.1. The van der Waals surface area contributed by atoms with E-state index < -0.39 is 12.3 Å². The third-order valence-electron chi connectivity index (χ3n) is 4.11. The van der Waals surface area contributed by atoms with Crippen LogP contribution in [0.5, 0.6) is 0 Å². The molecule has 1 fully saturated rings. The van der Waals surface area contributed by atoms with Gasteiger partial charge in [-0.3, -0.25) is 9.48 Å². The zero-order valence-electron chi connectivity index (χ0n) is 13.4. The number of nitrogens with one attached hydrogen (secondary N) is 1. The molecule has 0 aliphatic heterocycles. The molecule has 1 aliphatic carbocycles. The summed E-state index contributed by atoms with van der Waals surface area (Å²) in [5, 5.41) is 6.47. The Kier molecular flexibility index (Phi) is 4.74. The summed E-state index contributed by atoms with van der Waals surface area (Å²) in [4.78, 5) is 12.4. The summed E-state index contributed by atoms with van der Waals surface area (Å²) in [6.45, 7) is 0. The van der Waals surface area contributed by atoms with Crippen molar-refractivity contribution in [2.75, 3.05) is 5.32 Å². The smallest absolute Gasteiger partial charge is 0.280 e. The number of rotatable bonds is 6. The van der Waals surface area contributed by atoms with Crippen LogP contribution in [0, 0.1) is 5.92 Å². The molecular weight excluding hydrogens is 312 g/mol. The number of alkyl halides is 2. The normalized spacial score (nSPS) is 14.5. The summed E-state index contributed by atoms with van der Waals surface area (Å²) in [7, 11) is 1.40. The molecule has 6 heteroatoms. The van der Waals surface area contributed by atoms with Gasteiger partial charge in [-0.1, -0.05) is 30.4 Å². The molecular formula is C18H19F2N3O. The molecule has 0 spiro atoms. The van der Waals surface area contributed by atoms with Crippen molar-refractivity contribution >= 4 is 17.7 Å². The molecule has 1 amide bonds. The van der Waals surface area contributed by atoms with Gasteiger partial charge in [-0.15, -0.1) is 0 Å². The molecule has 1 aliphatic rings. The van der Waals surface area contributed by atoms with Crippen molar-refractivity contribution in [3.8, 4) is 0 Å². The van der Waals surface area contributed by atoms with E-state index in [2.05, 4.69) is 16.5 Å². The maximum Gasteiger partial charge on any atom is 0.280 e. The van der Waals surface area contributed by atoms with Gasteiger partial charge in [0.25, 0.3) is 12.3 Å². The number of amides is 1. The second-order valence-corrected chi connectivity index (χ2v) is 5.99. The van der Waals surface area contributed by atoms with Crippen LogP contribution in [-0.2, 0) is 7.05 Å². The Labute approximate surface area is 139 Å². The predicted molar refractivity (Wildman–Crippen MR) is 88.9 cm³/mol. The van der Waals surface area contributed by atoms with Crippen LogP contribution in [0.15, 0.2) is 36.5 Å². The number of carbonyl (C=O) groups excluding carboxylic acids is 1. The Morgan fingerprint density at radius 3 is 2.88 bits per heavy atom. The molecule has 24 heavy (non-hydrogen) atoms. The van der Waals surface area contributed by atoms with Crippen LogP contribution in [-0.4, -0.2) is 15.7 Å². The fraction of sp³-hybridized carbons (Fsp3) is 0.333. The maximum absolute atomic E-state index is 13.1. The van der Waals surface area contributed by atoms with Crippen molar-refractivity contribution in [3.63, 3.8) is 0 Å². The molecule has 0 unspecified atom stereocenters. The van der Waals surface area contributed by atoms with E-state index >= 15 is 0 Å². The molecule has 4 nitrogen and oxygen atoms in total. The minimum absolute atomic E-state index is 0.107.